The summed E-state index contributed by atoms with van der Waals surface area (Å²) in [7, 11) is 1.58. The van der Waals surface area contributed by atoms with E-state index in [2.05, 4.69) is 10.3 Å². The van der Waals surface area contributed by atoms with Gasteiger partial charge < -0.3 is 19.5 Å². The minimum absolute atomic E-state index is 0.287. The normalized spacial score (nSPS) is 10.7. The number of benzene rings is 2. The Morgan fingerprint density at radius 3 is 2.47 bits per heavy atom. The second-order valence-corrected chi connectivity index (χ2v) is 7.56. The quantitative estimate of drug-likeness (QED) is 0.382. The van der Waals surface area contributed by atoms with Crippen molar-refractivity contribution in [2.24, 2.45) is 0 Å². The molecule has 1 aromatic heterocycles. The molecule has 0 unspecified atom stereocenters. The summed E-state index contributed by atoms with van der Waals surface area (Å²) in [6.45, 7) is 2.06. The number of halogens is 3. The molecule has 2 aromatic carbocycles. The lowest BCUT2D eigenvalue weighted by Gasteiger charge is -2.15. The molecule has 0 aliphatic carbocycles. The highest BCUT2D eigenvalue weighted by Crippen LogP contribution is 2.37. The van der Waals surface area contributed by atoms with E-state index in [9.17, 15) is 0 Å². The number of hydrogen-bond acceptors (Lipinski definition) is 5. The van der Waals surface area contributed by atoms with Gasteiger partial charge in [0.25, 0.3) is 0 Å². The number of rotatable bonds is 10. The van der Waals surface area contributed by atoms with E-state index in [1.165, 1.54) is 0 Å². The smallest absolute Gasteiger partial charge is 0.213 e. The Morgan fingerprint density at radius 1 is 0.900 bits per heavy atom. The van der Waals surface area contributed by atoms with Gasteiger partial charge in [0.15, 0.2) is 11.5 Å². The molecule has 158 valence electrons. The standard InChI is InChI=1S/C22H21Cl3N2O3/c1-28-20-12-16(13-26-8-9-29-21-4-2-3-7-27-21)11-19(25)22(20)30-14-15-5-6-17(23)18(24)10-15/h2-7,10-12,26H,8-9,13-14H2,1H3. The third kappa shape index (κ3) is 6.41. The van der Waals surface area contributed by atoms with Gasteiger partial charge in [-0.1, -0.05) is 46.9 Å². The summed E-state index contributed by atoms with van der Waals surface area (Å²) in [5, 5.41) is 4.75. The molecule has 1 N–H and O–H groups in total. The summed E-state index contributed by atoms with van der Waals surface area (Å²) in [6.07, 6.45) is 1.70. The highest BCUT2D eigenvalue weighted by atomic mass is 35.5. The van der Waals surface area contributed by atoms with Crippen LogP contribution in [0.5, 0.6) is 17.4 Å². The molecule has 0 saturated heterocycles. The van der Waals surface area contributed by atoms with Crippen LogP contribution in [0.2, 0.25) is 15.1 Å². The summed E-state index contributed by atoms with van der Waals surface area (Å²) >= 11 is 18.4. The summed E-state index contributed by atoms with van der Waals surface area (Å²) in [5.41, 5.74) is 1.85. The Balaban J connectivity index is 1.54. The van der Waals surface area contributed by atoms with Crippen molar-refractivity contribution in [3.05, 3.63) is 80.9 Å². The molecule has 0 bridgehead atoms. The SMILES string of the molecule is COc1cc(CNCCOc2ccccn2)cc(Cl)c1OCc1ccc(Cl)c(Cl)c1. The van der Waals surface area contributed by atoms with E-state index in [0.717, 1.165) is 11.1 Å². The number of ether oxygens (including phenoxy) is 3. The molecule has 3 aromatic rings. The van der Waals surface area contributed by atoms with Gasteiger partial charge in [0.1, 0.15) is 13.2 Å². The van der Waals surface area contributed by atoms with Crippen LogP contribution in [-0.4, -0.2) is 25.2 Å². The Labute approximate surface area is 190 Å². The Hall–Kier alpha value is -2.18. The predicted octanol–water partition coefficient (Wildman–Crippen LogP) is 5.80. The van der Waals surface area contributed by atoms with Crippen LogP contribution in [0.25, 0.3) is 0 Å². The number of aromatic nitrogens is 1. The van der Waals surface area contributed by atoms with Crippen molar-refractivity contribution in [3.63, 3.8) is 0 Å². The molecule has 30 heavy (non-hydrogen) atoms. The predicted molar refractivity (Wildman–Crippen MR) is 120 cm³/mol. The van der Waals surface area contributed by atoms with Crippen LogP contribution in [0, 0.1) is 0 Å². The fraction of sp³-hybridized carbons (Fsp3) is 0.227. The second kappa shape index (κ2) is 11.3. The van der Waals surface area contributed by atoms with Gasteiger partial charge >= 0.3 is 0 Å². The van der Waals surface area contributed by atoms with Gasteiger partial charge in [-0.15, -0.1) is 0 Å². The number of methoxy groups -OCH3 is 1. The molecule has 0 fully saturated rings. The van der Waals surface area contributed by atoms with Gasteiger partial charge in [0.2, 0.25) is 5.88 Å². The molecule has 0 spiro atoms. The fourth-order valence-corrected chi connectivity index (χ4v) is 3.30. The number of pyridine rings is 1. The number of hydrogen-bond donors (Lipinski definition) is 1. The Kier molecular flexibility index (Phi) is 8.46. The largest absolute Gasteiger partial charge is 0.493 e. The first kappa shape index (κ1) is 22.5. The lowest BCUT2D eigenvalue weighted by atomic mass is 10.2. The first-order chi connectivity index (χ1) is 14.6. The van der Waals surface area contributed by atoms with Crippen LogP contribution in [0.4, 0.5) is 0 Å². The molecule has 0 amide bonds. The molecular formula is C22H21Cl3N2O3. The van der Waals surface area contributed by atoms with Crippen LogP contribution >= 0.6 is 34.8 Å². The van der Waals surface area contributed by atoms with Crippen LogP contribution in [-0.2, 0) is 13.2 Å². The molecule has 0 radical (unpaired) electrons. The van der Waals surface area contributed by atoms with Gasteiger partial charge in [-0.25, -0.2) is 4.98 Å². The zero-order valence-electron chi connectivity index (χ0n) is 16.3. The van der Waals surface area contributed by atoms with Crippen LogP contribution in [0.3, 0.4) is 0 Å². The van der Waals surface area contributed by atoms with Crippen molar-refractivity contribution in [2.45, 2.75) is 13.2 Å². The first-order valence-electron chi connectivity index (χ1n) is 9.24. The van der Waals surface area contributed by atoms with E-state index in [0.29, 0.717) is 52.1 Å². The van der Waals surface area contributed by atoms with Crippen LogP contribution in [0.15, 0.2) is 54.7 Å². The van der Waals surface area contributed by atoms with Crippen molar-refractivity contribution in [1.29, 1.82) is 0 Å². The number of nitrogens with one attached hydrogen (secondary N) is 1. The molecule has 3 rings (SSSR count). The van der Waals surface area contributed by atoms with E-state index in [4.69, 9.17) is 49.0 Å². The second-order valence-electron chi connectivity index (χ2n) is 6.34. The maximum Gasteiger partial charge on any atom is 0.213 e. The van der Waals surface area contributed by atoms with E-state index in [-0.39, 0.29) is 6.61 Å². The molecule has 1 heterocycles. The lowest BCUT2D eigenvalue weighted by molar-refractivity contribution is 0.284. The molecule has 5 nitrogen and oxygen atoms in total. The minimum Gasteiger partial charge on any atom is -0.493 e. The van der Waals surface area contributed by atoms with Crippen molar-refractivity contribution >= 4 is 34.8 Å². The topological polar surface area (TPSA) is 52.6 Å². The van der Waals surface area contributed by atoms with Gasteiger partial charge in [0.05, 0.1) is 22.2 Å². The van der Waals surface area contributed by atoms with Crippen LogP contribution in [0.1, 0.15) is 11.1 Å². The van der Waals surface area contributed by atoms with E-state index >= 15 is 0 Å². The van der Waals surface area contributed by atoms with E-state index in [1.807, 2.05) is 36.4 Å². The van der Waals surface area contributed by atoms with E-state index < -0.39 is 0 Å². The van der Waals surface area contributed by atoms with Crippen molar-refractivity contribution in [1.82, 2.24) is 10.3 Å². The van der Waals surface area contributed by atoms with Gasteiger partial charge in [-0.3, -0.25) is 0 Å². The van der Waals surface area contributed by atoms with Gasteiger partial charge in [0, 0.05) is 25.4 Å². The zero-order chi connectivity index (χ0) is 21.3. The average Bonchev–Trinajstić information content (AvgIpc) is 2.75. The maximum absolute atomic E-state index is 6.44. The highest BCUT2D eigenvalue weighted by Gasteiger charge is 2.13. The molecule has 8 heteroatoms. The Bertz CT molecular complexity index is 971. The van der Waals surface area contributed by atoms with Crippen molar-refractivity contribution in [2.75, 3.05) is 20.3 Å². The molecule has 0 saturated carbocycles. The van der Waals surface area contributed by atoms with Crippen molar-refractivity contribution < 1.29 is 14.2 Å². The Morgan fingerprint density at radius 2 is 1.73 bits per heavy atom. The van der Waals surface area contributed by atoms with Crippen LogP contribution < -0.4 is 19.5 Å². The minimum atomic E-state index is 0.287. The third-order valence-corrected chi connectivity index (χ3v) is 5.17. The fourth-order valence-electron chi connectivity index (χ4n) is 2.69. The summed E-state index contributed by atoms with van der Waals surface area (Å²) < 4.78 is 16.9. The lowest BCUT2D eigenvalue weighted by Crippen LogP contribution is -2.20. The first-order valence-corrected chi connectivity index (χ1v) is 10.4. The zero-order valence-corrected chi connectivity index (χ0v) is 18.6. The van der Waals surface area contributed by atoms with Gasteiger partial charge in [-0.05, 0) is 41.5 Å². The molecule has 0 aliphatic rings. The maximum atomic E-state index is 6.44. The highest BCUT2D eigenvalue weighted by molar-refractivity contribution is 6.42. The summed E-state index contributed by atoms with van der Waals surface area (Å²) in [5.74, 6) is 1.64. The summed E-state index contributed by atoms with van der Waals surface area (Å²) in [4.78, 5) is 4.12. The summed E-state index contributed by atoms with van der Waals surface area (Å²) in [6, 6.07) is 14.6. The molecular weight excluding hydrogens is 447 g/mol. The van der Waals surface area contributed by atoms with E-state index in [1.54, 1.807) is 25.4 Å². The molecule has 0 atom stereocenters. The molecule has 0 aliphatic heterocycles. The number of nitrogens with zero attached hydrogens (tertiary/aromatic N) is 1. The monoisotopic (exact) mass is 466 g/mol. The third-order valence-electron chi connectivity index (χ3n) is 4.15. The average molecular weight is 468 g/mol. The van der Waals surface area contributed by atoms with Gasteiger partial charge in [-0.2, -0.15) is 0 Å². The van der Waals surface area contributed by atoms with Crippen molar-refractivity contribution in [3.8, 4) is 17.4 Å².